The van der Waals surface area contributed by atoms with Gasteiger partial charge in [0.05, 0.1) is 12.0 Å². The third kappa shape index (κ3) is 0.869. The summed E-state index contributed by atoms with van der Waals surface area (Å²) in [6, 6.07) is -0.271. The number of rotatable bonds is 1. The van der Waals surface area contributed by atoms with Gasteiger partial charge in [0.15, 0.2) is 0 Å². The molecule has 54 valence electrons. The molecule has 3 heteroatoms. The minimum Gasteiger partial charge on any atom is -0.392 e. The number of terminal acetylenes is 1. The molecule has 3 nitrogen and oxygen atoms in total. The van der Waals surface area contributed by atoms with E-state index in [0.29, 0.717) is 0 Å². The summed E-state index contributed by atoms with van der Waals surface area (Å²) >= 11 is 0. The van der Waals surface area contributed by atoms with Crippen molar-refractivity contribution in [2.45, 2.75) is 19.1 Å². The second kappa shape index (κ2) is 2.31. The van der Waals surface area contributed by atoms with Crippen molar-refractivity contribution in [2.75, 3.05) is 0 Å². The molecule has 1 heterocycles. The van der Waals surface area contributed by atoms with Gasteiger partial charge in [0.1, 0.15) is 6.04 Å². The number of hydrogen-bond donors (Lipinski definition) is 2. The minimum absolute atomic E-state index is 0.155. The van der Waals surface area contributed by atoms with E-state index in [2.05, 4.69) is 11.2 Å². The van der Waals surface area contributed by atoms with Gasteiger partial charge in [-0.1, -0.05) is 5.92 Å². The highest BCUT2D eigenvalue weighted by atomic mass is 16.3. The van der Waals surface area contributed by atoms with Crippen LogP contribution >= 0.6 is 0 Å². The average Bonchev–Trinajstić information content (AvgIpc) is 1.80. The molecule has 1 aliphatic rings. The monoisotopic (exact) mass is 139 g/mol. The molecule has 0 aliphatic carbocycles. The van der Waals surface area contributed by atoms with Gasteiger partial charge in [0, 0.05) is 0 Å². The molecule has 1 fully saturated rings. The van der Waals surface area contributed by atoms with Crippen LogP contribution in [0, 0.1) is 18.3 Å². The van der Waals surface area contributed by atoms with E-state index >= 15 is 0 Å². The van der Waals surface area contributed by atoms with Crippen LogP contribution in [-0.4, -0.2) is 23.2 Å². The predicted octanol–water partition coefficient (Wildman–Crippen LogP) is -0.885. The van der Waals surface area contributed by atoms with E-state index in [1.807, 2.05) is 0 Å². The van der Waals surface area contributed by atoms with Crippen molar-refractivity contribution < 1.29 is 9.90 Å². The Kier molecular flexibility index (Phi) is 1.64. The molecule has 3 atom stereocenters. The summed E-state index contributed by atoms with van der Waals surface area (Å²) in [6.07, 6.45) is 4.40. The largest absolute Gasteiger partial charge is 0.392 e. The Bertz CT molecular complexity index is 192. The highest BCUT2D eigenvalue weighted by molar-refractivity contribution is 5.87. The lowest BCUT2D eigenvalue weighted by Gasteiger charge is -2.34. The summed E-state index contributed by atoms with van der Waals surface area (Å²) in [7, 11) is 0. The fraction of sp³-hybridized carbons (Fsp3) is 0.571. The van der Waals surface area contributed by atoms with Crippen LogP contribution in [0.4, 0.5) is 0 Å². The van der Waals surface area contributed by atoms with Gasteiger partial charge in [-0.25, -0.2) is 0 Å². The molecule has 1 rings (SSSR count). The van der Waals surface area contributed by atoms with Crippen LogP contribution in [0.2, 0.25) is 0 Å². The fourth-order valence-electron chi connectivity index (χ4n) is 1.04. The smallest absolute Gasteiger partial charge is 0.229 e. The molecule has 0 saturated carbocycles. The lowest BCUT2D eigenvalue weighted by Crippen LogP contribution is -2.61. The van der Waals surface area contributed by atoms with Crippen LogP contribution in [-0.2, 0) is 4.79 Å². The summed E-state index contributed by atoms with van der Waals surface area (Å²) in [5, 5.41) is 11.5. The van der Waals surface area contributed by atoms with E-state index in [1.54, 1.807) is 6.92 Å². The summed E-state index contributed by atoms with van der Waals surface area (Å²) < 4.78 is 0. The van der Waals surface area contributed by atoms with Crippen LogP contribution < -0.4 is 5.32 Å². The van der Waals surface area contributed by atoms with Crippen molar-refractivity contribution in [1.82, 2.24) is 5.32 Å². The maximum atomic E-state index is 10.7. The molecule has 1 saturated heterocycles. The van der Waals surface area contributed by atoms with E-state index in [4.69, 9.17) is 11.5 Å². The molecule has 1 aliphatic heterocycles. The van der Waals surface area contributed by atoms with Gasteiger partial charge in [0.25, 0.3) is 0 Å². The normalized spacial score (nSPS) is 33.5. The third-order valence-corrected chi connectivity index (χ3v) is 1.66. The fourth-order valence-corrected chi connectivity index (χ4v) is 1.04. The quantitative estimate of drug-likeness (QED) is 0.366. The van der Waals surface area contributed by atoms with E-state index in [0.717, 1.165) is 0 Å². The number of carbonyl (C=O) groups excluding carboxylic acids is 1. The standard InChI is InChI=1S/C7H9NO2/c1-3-5-6(4(2)9)7(10)8-5/h1,4-6,9H,2H3,(H,8,10). The Hall–Kier alpha value is -1.01. The van der Waals surface area contributed by atoms with E-state index in [9.17, 15) is 4.79 Å². The number of aliphatic hydroxyl groups is 1. The molecule has 0 spiro atoms. The molecule has 10 heavy (non-hydrogen) atoms. The molecule has 0 radical (unpaired) electrons. The summed E-state index contributed by atoms with van der Waals surface area (Å²) in [6.45, 7) is 1.56. The third-order valence-electron chi connectivity index (χ3n) is 1.66. The van der Waals surface area contributed by atoms with E-state index in [-0.39, 0.29) is 11.9 Å². The molecular weight excluding hydrogens is 130 g/mol. The van der Waals surface area contributed by atoms with Gasteiger partial charge in [0.2, 0.25) is 5.91 Å². The number of β-lactam (4-membered cyclic amide) rings is 1. The van der Waals surface area contributed by atoms with Gasteiger partial charge in [-0.15, -0.1) is 6.42 Å². The Labute approximate surface area is 59.4 Å². The van der Waals surface area contributed by atoms with E-state index < -0.39 is 12.0 Å². The molecule has 0 bridgehead atoms. The molecule has 0 aromatic rings. The van der Waals surface area contributed by atoms with Crippen LogP contribution in [0.1, 0.15) is 6.92 Å². The Morgan fingerprint density at radius 2 is 2.50 bits per heavy atom. The van der Waals surface area contributed by atoms with Crippen molar-refractivity contribution >= 4 is 5.91 Å². The first-order chi connectivity index (χ1) is 4.66. The summed E-state index contributed by atoms with van der Waals surface area (Å²) in [4.78, 5) is 10.7. The first-order valence-electron chi connectivity index (χ1n) is 3.11. The van der Waals surface area contributed by atoms with Crippen molar-refractivity contribution in [2.24, 2.45) is 5.92 Å². The van der Waals surface area contributed by atoms with Crippen LogP contribution in [0.25, 0.3) is 0 Å². The van der Waals surface area contributed by atoms with Gasteiger partial charge in [-0.2, -0.15) is 0 Å². The summed E-state index contributed by atoms with van der Waals surface area (Å²) in [5.41, 5.74) is 0. The second-order valence-corrected chi connectivity index (χ2v) is 2.42. The Balaban J connectivity index is 2.58. The number of amides is 1. The number of nitrogens with one attached hydrogen (secondary N) is 1. The first-order valence-corrected chi connectivity index (χ1v) is 3.11. The van der Waals surface area contributed by atoms with Crippen LogP contribution in [0.15, 0.2) is 0 Å². The average molecular weight is 139 g/mol. The van der Waals surface area contributed by atoms with Crippen molar-refractivity contribution in [3.8, 4) is 12.3 Å². The highest BCUT2D eigenvalue weighted by Crippen LogP contribution is 2.17. The lowest BCUT2D eigenvalue weighted by atomic mass is 9.87. The number of carbonyl (C=O) groups is 1. The van der Waals surface area contributed by atoms with E-state index in [1.165, 1.54) is 0 Å². The van der Waals surface area contributed by atoms with Crippen molar-refractivity contribution in [1.29, 1.82) is 0 Å². The second-order valence-electron chi connectivity index (χ2n) is 2.42. The number of hydrogen-bond acceptors (Lipinski definition) is 2. The van der Waals surface area contributed by atoms with Gasteiger partial charge in [-0.3, -0.25) is 4.79 Å². The van der Waals surface area contributed by atoms with Crippen molar-refractivity contribution in [3.63, 3.8) is 0 Å². The van der Waals surface area contributed by atoms with Gasteiger partial charge < -0.3 is 10.4 Å². The van der Waals surface area contributed by atoms with Crippen LogP contribution in [0.3, 0.4) is 0 Å². The van der Waals surface area contributed by atoms with Crippen molar-refractivity contribution in [3.05, 3.63) is 0 Å². The van der Waals surface area contributed by atoms with Gasteiger partial charge in [-0.05, 0) is 6.92 Å². The predicted molar refractivity (Wildman–Crippen MR) is 35.9 cm³/mol. The molecule has 3 unspecified atom stereocenters. The molecular formula is C7H9NO2. The minimum atomic E-state index is -0.644. The highest BCUT2D eigenvalue weighted by Gasteiger charge is 2.41. The van der Waals surface area contributed by atoms with Gasteiger partial charge >= 0.3 is 0 Å². The Morgan fingerprint density at radius 3 is 2.70 bits per heavy atom. The van der Waals surface area contributed by atoms with Crippen LogP contribution in [0.5, 0.6) is 0 Å². The Morgan fingerprint density at radius 1 is 1.90 bits per heavy atom. The summed E-state index contributed by atoms with van der Waals surface area (Å²) in [5.74, 6) is 1.82. The SMILES string of the molecule is C#CC1NC(=O)C1C(C)O. The lowest BCUT2D eigenvalue weighted by molar-refractivity contribution is -0.138. The zero-order valence-electron chi connectivity index (χ0n) is 5.66. The topological polar surface area (TPSA) is 49.3 Å². The zero-order valence-corrected chi connectivity index (χ0v) is 5.66. The maximum Gasteiger partial charge on any atom is 0.229 e. The zero-order chi connectivity index (χ0) is 7.72. The molecule has 2 N–H and O–H groups in total. The molecule has 0 aromatic carbocycles. The number of aliphatic hydroxyl groups excluding tert-OH is 1. The molecule has 1 amide bonds. The first kappa shape index (κ1) is 7.10. The maximum absolute atomic E-state index is 10.7. The molecule has 0 aromatic heterocycles.